The first-order valence-corrected chi connectivity index (χ1v) is 6.03. The standard InChI is InChI=1S/C14H20N2O2/c1-5-6-12-7-11(14(17)18)8-13(15-12)16(4)9-10(2)3/h7-8H,2,5-6,9H2,1,3-4H3,(H,17,18). The maximum Gasteiger partial charge on any atom is 0.335 e. The van der Waals surface area contributed by atoms with E-state index in [1.165, 1.54) is 0 Å². The number of hydrogen-bond donors (Lipinski definition) is 1. The van der Waals surface area contributed by atoms with Gasteiger partial charge >= 0.3 is 5.97 Å². The van der Waals surface area contributed by atoms with Crippen molar-refractivity contribution in [2.75, 3.05) is 18.5 Å². The van der Waals surface area contributed by atoms with Crippen LogP contribution in [0.5, 0.6) is 0 Å². The molecule has 0 spiro atoms. The van der Waals surface area contributed by atoms with E-state index in [4.69, 9.17) is 5.11 Å². The molecule has 1 aromatic rings. The van der Waals surface area contributed by atoms with Crippen molar-refractivity contribution in [2.24, 2.45) is 0 Å². The van der Waals surface area contributed by atoms with Crippen LogP contribution in [-0.4, -0.2) is 29.7 Å². The lowest BCUT2D eigenvalue weighted by Crippen LogP contribution is -2.21. The Kier molecular flexibility index (Phi) is 4.89. The van der Waals surface area contributed by atoms with E-state index in [2.05, 4.69) is 11.6 Å². The van der Waals surface area contributed by atoms with Gasteiger partial charge in [-0.2, -0.15) is 0 Å². The van der Waals surface area contributed by atoms with Crippen LogP contribution in [0.2, 0.25) is 0 Å². The summed E-state index contributed by atoms with van der Waals surface area (Å²) in [6.07, 6.45) is 1.73. The van der Waals surface area contributed by atoms with Gasteiger partial charge in [-0.15, -0.1) is 0 Å². The summed E-state index contributed by atoms with van der Waals surface area (Å²) in [7, 11) is 1.89. The van der Waals surface area contributed by atoms with Crippen molar-refractivity contribution in [2.45, 2.75) is 26.7 Å². The molecule has 1 rings (SSSR count). The van der Waals surface area contributed by atoms with Gasteiger partial charge in [0, 0.05) is 19.3 Å². The highest BCUT2D eigenvalue weighted by Gasteiger charge is 2.11. The number of anilines is 1. The van der Waals surface area contributed by atoms with Crippen LogP contribution >= 0.6 is 0 Å². The molecular weight excluding hydrogens is 228 g/mol. The average Bonchev–Trinajstić information content (AvgIpc) is 2.28. The molecular formula is C14H20N2O2. The molecule has 0 saturated heterocycles. The molecule has 1 aromatic heterocycles. The Morgan fingerprint density at radius 3 is 2.67 bits per heavy atom. The summed E-state index contributed by atoms with van der Waals surface area (Å²) in [6.45, 7) is 8.50. The zero-order valence-corrected chi connectivity index (χ0v) is 11.2. The molecule has 0 saturated carbocycles. The second-order valence-corrected chi connectivity index (χ2v) is 4.57. The number of carboxylic acids is 1. The van der Waals surface area contributed by atoms with E-state index in [9.17, 15) is 4.79 Å². The van der Waals surface area contributed by atoms with Gasteiger partial charge in [0.25, 0.3) is 0 Å². The number of hydrogen-bond acceptors (Lipinski definition) is 3. The number of carboxylic acid groups (broad SMARTS) is 1. The van der Waals surface area contributed by atoms with Crippen LogP contribution in [0.1, 0.15) is 36.3 Å². The Labute approximate surface area is 108 Å². The number of aromatic nitrogens is 1. The van der Waals surface area contributed by atoms with Gasteiger partial charge in [-0.25, -0.2) is 9.78 Å². The second kappa shape index (κ2) is 6.19. The summed E-state index contributed by atoms with van der Waals surface area (Å²) in [5.41, 5.74) is 2.12. The van der Waals surface area contributed by atoms with Crippen LogP contribution in [0.15, 0.2) is 24.3 Å². The molecule has 0 unspecified atom stereocenters. The number of aromatic carboxylic acids is 1. The number of pyridine rings is 1. The van der Waals surface area contributed by atoms with E-state index in [0.29, 0.717) is 12.4 Å². The zero-order valence-electron chi connectivity index (χ0n) is 11.2. The highest BCUT2D eigenvalue weighted by atomic mass is 16.4. The first-order valence-electron chi connectivity index (χ1n) is 6.03. The van der Waals surface area contributed by atoms with Gasteiger partial charge in [0.1, 0.15) is 5.82 Å². The average molecular weight is 248 g/mol. The van der Waals surface area contributed by atoms with Gasteiger partial charge < -0.3 is 10.0 Å². The summed E-state index contributed by atoms with van der Waals surface area (Å²) in [4.78, 5) is 17.5. The second-order valence-electron chi connectivity index (χ2n) is 4.57. The molecule has 4 heteroatoms. The normalized spacial score (nSPS) is 10.2. The summed E-state index contributed by atoms with van der Waals surface area (Å²) in [5, 5.41) is 9.10. The van der Waals surface area contributed by atoms with Crippen molar-refractivity contribution in [1.82, 2.24) is 4.98 Å². The molecule has 0 aliphatic rings. The maximum atomic E-state index is 11.1. The van der Waals surface area contributed by atoms with Gasteiger partial charge in [-0.05, 0) is 25.5 Å². The minimum atomic E-state index is -0.917. The number of aryl methyl sites for hydroxylation is 1. The Hall–Kier alpha value is -1.84. The van der Waals surface area contributed by atoms with Crippen molar-refractivity contribution >= 4 is 11.8 Å². The number of nitrogens with zero attached hydrogens (tertiary/aromatic N) is 2. The van der Waals surface area contributed by atoms with Crippen LogP contribution in [0, 0.1) is 0 Å². The maximum absolute atomic E-state index is 11.1. The van der Waals surface area contributed by atoms with Crippen LogP contribution < -0.4 is 4.90 Å². The van der Waals surface area contributed by atoms with E-state index in [1.54, 1.807) is 12.1 Å². The fraction of sp³-hybridized carbons (Fsp3) is 0.429. The molecule has 98 valence electrons. The predicted molar refractivity (Wildman–Crippen MR) is 73.3 cm³/mol. The molecule has 0 bridgehead atoms. The van der Waals surface area contributed by atoms with Gasteiger partial charge in [0.15, 0.2) is 0 Å². The summed E-state index contributed by atoms with van der Waals surface area (Å²) >= 11 is 0. The topological polar surface area (TPSA) is 53.4 Å². The molecule has 18 heavy (non-hydrogen) atoms. The van der Waals surface area contributed by atoms with E-state index < -0.39 is 5.97 Å². The third kappa shape index (κ3) is 3.87. The Morgan fingerprint density at radius 2 is 2.17 bits per heavy atom. The SMILES string of the molecule is C=C(C)CN(C)c1cc(C(=O)O)cc(CCC)n1. The molecule has 0 atom stereocenters. The third-order valence-electron chi connectivity index (χ3n) is 2.52. The highest BCUT2D eigenvalue weighted by molar-refractivity contribution is 5.88. The van der Waals surface area contributed by atoms with Gasteiger partial charge in [-0.1, -0.05) is 25.5 Å². The third-order valence-corrected chi connectivity index (χ3v) is 2.52. The monoisotopic (exact) mass is 248 g/mol. The van der Waals surface area contributed by atoms with Crippen molar-refractivity contribution < 1.29 is 9.90 Å². The first kappa shape index (κ1) is 14.2. The zero-order chi connectivity index (χ0) is 13.7. The molecule has 0 aliphatic carbocycles. The number of carbonyl (C=O) groups is 1. The quantitative estimate of drug-likeness (QED) is 0.786. The predicted octanol–water partition coefficient (Wildman–Crippen LogP) is 2.74. The van der Waals surface area contributed by atoms with Crippen LogP contribution in [0.25, 0.3) is 0 Å². The lowest BCUT2D eigenvalue weighted by Gasteiger charge is -2.19. The molecule has 0 aromatic carbocycles. The fourth-order valence-corrected chi connectivity index (χ4v) is 1.76. The van der Waals surface area contributed by atoms with E-state index >= 15 is 0 Å². The highest BCUT2D eigenvalue weighted by Crippen LogP contribution is 2.16. The van der Waals surface area contributed by atoms with Crippen molar-refractivity contribution in [1.29, 1.82) is 0 Å². The van der Waals surface area contributed by atoms with Crippen LogP contribution in [0.4, 0.5) is 5.82 Å². The minimum Gasteiger partial charge on any atom is -0.478 e. The van der Waals surface area contributed by atoms with E-state index in [-0.39, 0.29) is 5.56 Å². The summed E-state index contributed by atoms with van der Waals surface area (Å²) in [5.74, 6) is -0.235. The summed E-state index contributed by atoms with van der Waals surface area (Å²) in [6, 6.07) is 3.24. The van der Waals surface area contributed by atoms with Crippen molar-refractivity contribution in [3.05, 3.63) is 35.5 Å². The van der Waals surface area contributed by atoms with Crippen LogP contribution in [-0.2, 0) is 6.42 Å². The Balaban J connectivity index is 3.09. The molecule has 0 radical (unpaired) electrons. The summed E-state index contributed by atoms with van der Waals surface area (Å²) < 4.78 is 0. The Bertz CT molecular complexity index is 455. The molecule has 0 aliphatic heterocycles. The number of likely N-dealkylation sites (N-methyl/N-ethyl adjacent to an activating group) is 1. The smallest absolute Gasteiger partial charge is 0.335 e. The first-order chi connectivity index (χ1) is 8.43. The lowest BCUT2D eigenvalue weighted by atomic mass is 10.1. The lowest BCUT2D eigenvalue weighted by molar-refractivity contribution is 0.0696. The molecule has 0 fully saturated rings. The van der Waals surface area contributed by atoms with Gasteiger partial charge in [-0.3, -0.25) is 0 Å². The van der Waals surface area contributed by atoms with Gasteiger partial charge in [0.05, 0.1) is 5.56 Å². The van der Waals surface area contributed by atoms with Crippen molar-refractivity contribution in [3.63, 3.8) is 0 Å². The fourth-order valence-electron chi connectivity index (χ4n) is 1.76. The van der Waals surface area contributed by atoms with Crippen LogP contribution in [0.3, 0.4) is 0 Å². The molecule has 4 nitrogen and oxygen atoms in total. The van der Waals surface area contributed by atoms with Crippen molar-refractivity contribution in [3.8, 4) is 0 Å². The Morgan fingerprint density at radius 1 is 1.50 bits per heavy atom. The largest absolute Gasteiger partial charge is 0.478 e. The van der Waals surface area contributed by atoms with Gasteiger partial charge in [0.2, 0.25) is 0 Å². The minimum absolute atomic E-state index is 0.289. The van der Waals surface area contributed by atoms with E-state index in [1.807, 2.05) is 25.8 Å². The molecule has 1 N–H and O–H groups in total. The van der Waals surface area contributed by atoms with E-state index in [0.717, 1.165) is 24.1 Å². The molecule has 0 amide bonds. The molecule has 1 heterocycles. The number of rotatable bonds is 6.